The third kappa shape index (κ3) is 4.82. The van der Waals surface area contributed by atoms with E-state index in [9.17, 15) is 8.42 Å². The van der Waals surface area contributed by atoms with E-state index in [1.54, 1.807) is 4.68 Å². The van der Waals surface area contributed by atoms with Gasteiger partial charge in [-0.25, -0.2) is 18.1 Å². The molecule has 1 rings (SSSR count). The van der Waals surface area contributed by atoms with Gasteiger partial charge in [0.05, 0.1) is 5.75 Å². The molecule has 6 nitrogen and oxygen atoms in total. The van der Waals surface area contributed by atoms with Crippen LogP contribution in [0.25, 0.3) is 0 Å². The molecule has 0 aliphatic carbocycles. The molecule has 0 aliphatic heterocycles. The maximum atomic E-state index is 11.8. The summed E-state index contributed by atoms with van der Waals surface area (Å²) in [6.45, 7) is 5.17. The average Bonchev–Trinajstić information content (AvgIpc) is 2.61. The van der Waals surface area contributed by atoms with E-state index in [0.29, 0.717) is 31.3 Å². The Bertz CT molecular complexity index is 439. The Morgan fingerprint density at radius 3 is 2.76 bits per heavy atom. The highest BCUT2D eigenvalue weighted by Crippen LogP contribution is 2.07. The third-order valence-electron chi connectivity index (χ3n) is 2.24. The summed E-state index contributed by atoms with van der Waals surface area (Å²) in [5, 5.41) is 4.04. The van der Waals surface area contributed by atoms with Crippen molar-refractivity contribution in [1.29, 1.82) is 0 Å². The van der Waals surface area contributed by atoms with Crippen LogP contribution in [0.1, 0.15) is 26.1 Å². The molecule has 0 atom stereocenters. The number of nitrogens with two attached hydrogens (primary N) is 1. The molecule has 0 saturated carbocycles. The number of hydrogen-bond acceptors (Lipinski definition) is 5. The molecule has 1 heterocycles. The Hall–Kier alpha value is -0.950. The zero-order valence-electron chi connectivity index (χ0n) is 10.3. The van der Waals surface area contributed by atoms with E-state index in [-0.39, 0.29) is 11.5 Å². The molecule has 0 spiro atoms. The van der Waals surface area contributed by atoms with Crippen molar-refractivity contribution in [3.8, 4) is 0 Å². The van der Waals surface area contributed by atoms with Gasteiger partial charge in [-0.2, -0.15) is 5.10 Å². The molecule has 0 fully saturated rings. The van der Waals surface area contributed by atoms with Crippen molar-refractivity contribution in [3.05, 3.63) is 12.2 Å². The first-order valence-electron chi connectivity index (χ1n) is 5.72. The Morgan fingerprint density at radius 2 is 2.18 bits per heavy atom. The SMILES string of the molecule is CC(C)Cn1ncnc1CS(=O)(=O)CCCN. The zero-order valence-corrected chi connectivity index (χ0v) is 11.2. The lowest BCUT2D eigenvalue weighted by Crippen LogP contribution is -2.17. The predicted octanol–water partition coefficient (Wildman–Crippen LogP) is 0.198. The van der Waals surface area contributed by atoms with Gasteiger partial charge in [0, 0.05) is 6.54 Å². The maximum Gasteiger partial charge on any atom is 0.157 e. The van der Waals surface area contributed by atoms with Gasteiger partial charge in [-0.15, -0.1) is 0 Å². The van der Waals surface area contributed by atoms with Crippen LogP contribution in [0.4, 0.5) is 0 Å². The quantitative estimate of drug-likeness (QED) is 0.756. The summed E-state index contributed by atoms with van der Waals surface area (Å²) in [6, 6.07) is 0. The van der Waals surface area contributed by atoms with Crippen molar-refractivity contribution in [2.75, 3.05) is 12.3 Å². The highest BCUT2D eigenvalue weighted by Gasteiger charge is 2.16. The number of sulfone groups is 1. The summed E-state index contributed by atoms with van der Waals surface area (Å²) in [7, 11) is -3.13. The van der Waals surface area contributed by atoms with E-state index < -0.39 is 9.84 Å². The molecule has 98 valence electrons. The molecular formula is C10H20N4O2S. The maximum absolute atomic E-state index is 11.8. The summed E-state index contributed by atoms with van der Waals surface area (Å²) < 4.78 is 25.2. The van der Waals surface area contributed by atoms with E-state index in [1.165, 1.54) is 6.33 Å². The molecule has 0 bridgehead atoms. The minimum atomic E-state index is -3.13. The second-order valence-corrected chi connectivity index (χ2v) is 6.67. The first-order valence-corrected chi connectivity index (χ1v) is 7.54. The molecule has 0 unspecified atom stereocenters. The molecule has 1 aromatic rings. The molecule has 1 aromatic heterocycles. The van der Waals surface area contributed by atoms with Gasteiger partial charge in [0.25, 0.3) is 0 Å². The van der Waals surface area contributed by atoms with E-state index in [1.807, 2.05) is 13.8 Å². The fourth-order valence-corrected chi connectivity index (χ4v) is 2.84. The van der Waals surface area contributed by atoms with Gasteiger partial charge in [-0.1, -0.05) is 13.8 Å². The molecule has 17 heavy (non-hydrogen) atoms. The highest BCUT2D eigenvalue weighted by molar-refractivity contribution is 7.90. The van der Waals surface area contributed by atoms with Gasteiger partial charge >= 0.3 is 0 Å². The van der Waals surface area contributed by atoms with Crippen molar-refractivity contribution < 1.29 is 8.42 Å². The second kappa shape index (κ2) is 6.11. The van der Waals surface area contributed by atoms with Crippen molar-refractivity contribution in [2.24, 2.45) is 11.7 Å². The minimum absolute atomic E-state index is 0.0558. The molecule has 2 N–H and O–H groups in total. The number of hydrogen-bond donors (Lipinski definition) is 1. The molecule has 0 radical (unpaired) electrons. The number of rotatable bonds is 7. The van der Waals surface area contributed by atoms with Crippen LogP contribution in [-0.2, 0) is 22.1 Å². The van der Waals surface area contributed by atoms with E-state index >= 15 is 0 Å². The van der Waals surface area contributed by atoms with E-state index in [4.69, 9.17) is 5.73 Å². The summed E-state index contributed by atoms with van der Waals surface area (Å²) in [5.74, 6) is 0.968. The minimum Gasteiger partial charge on any atom is -0.330 e. The standard InChI is InChI=1S/C10H20N4O2S/c1-9(2)6-14-10(12-8-13-14)7-17(15,16)5-3-4-11/h8-9H,3-7,11H2,1-2H3. The fourth-order valence-electron chi connectivity index (χ4n) is 1.47. The van der Waals surface area contributed by atoms with Gasteiger partial charge < -0.3 is 5.73 Å². The van der Waals surface area contributed by atoms with Crippen LogP contribution < -0.4 is 5.73 Å². The zero-order chi connectivity index (χ0) is 12.9. The van der Waals surface area contributed by atoms with Crippen LogP contribution in [0.3, 0.4) is 0 Å². The third-order valence-corrected chi connectivity index (χ3v) is 3.85. The number of aromatic nitrogens is 3. The van der Waals surface area contributed by atoms with Crippen LogP contribution >= 0.6 is 0 Å². The van der Waals surface area contributed by atoms with Crippen molar-refractivity contribution >= 4 is 9.84 Å². The molecule has 0 aliphatic rings. The molecule has 0 aromatic carbocycles. The van der Waals surface area contributed by atoms with Crippen LogP contribution in [0.2, 0.25) is 0 Å². The van der Waals surface area contributed by atoms with Crippen molar-refractivity contribution in [3.63, 3.8) is 0 Å². The first-order chi connectivity index (χ1) is 7.94. The van der Waals surface area contributed by atoms with Crippen LogP contribution in [0, 0.1) is 5.92 Å². The van der Waals surface area contributed by atoms with Gasteiger partial charge in [-0.05, 0) is 18.9 Å². The smallest absolute Gasteiger partial charge is 0.157 e. The second-order valence-electron chi connectivity index (χ2n) is 4.49. The van der Waals surface area contributed by atoms with Crippen LogP contribution in [0.15, 0.2) is 6.33 Å². The Labute approximate surface area is 102 Å². The average molecular weight is 260 g/mol. The molecular weight excluding hydrogens is 240 g/mol. The first kappa shape index (κ1) is 14.1. The summed E-state index contributed by atoms with van der Waals surface area (Å²) in [5.41, 5.74) is 5.31. The lowest BCUT2D eigenvalue weighted by molar-refractivity contribution is 0.470. The topological polar surface area (TPSA) is 90.9 Å². The highest BCUT2D eigenvalue weighted by atomic mass is 32.2. The molecule has 7 heteroatoms. The number of nitrogens with zero attached hydrogens (tertiary/aromatic N) is 3. The van der Waals surface area contributed by atoms with Crippen LogP contribution in [-0.4, -0.2) is 35.5 Å². The van der Waals surface area contributed by atoms with Gasteiger partial charge in [0.1, 0.15) is 17.9 Å². The Morgan fingerprint density at radius 1 is 1.47 bits per heavy atom. The van der Waals surface area contributed by atoms with Crippen molar-refractivity contribution in [2.45, 2.75) is 32.6 Å². The lowest BCUT2D eigenvalue weighted by Gasteiger charge is -2.08. The van der Waals surface area contributed by atoms with E-state index in [0.717, 1.165) is 0 Å². The largest absolute Gasteiger partial charge is 0.330 e. The normalized spacial score (nSPS) is 12.2. The van der Waals surface area contributed by atoms with Gasteiger partial charge in [0.15, 0.2) is 9.84 Å². The Balaban J connectivity index is 2.71. The lowest BCUT2D eigenvalue weighted by atomic mass is 10.2. The summed E-state index contributed by atoms with van der Waals surface area (Å²) >= 11 is 0. The van der Waals surface area contributed by atoms with Crippen molar-refractivity contribution in [1.82, 2.24) is 14.8 Å². The van der Waals surface area contributed by atoms with Gasteiger partial charge in [0.2, 0.25) is 0 Å². The van der Waals surface area contributed by atoms with E-state index in [2.05, 4.69) is 10.1 Å². The predicted molar refractivity (Wildman–Crippen MR) is 66.0 cm³/mol. The van der Waals surface area contributed by atoms with Gasteiger partial charge in [-0.3, -0.25) is 0 Å². The Kier molecular flexibility index (Phi) is 5.07. The molecule has 0 saturated heterocycles. The fraction of sp³-hybridized carbons (Fsp3) is 0.800. The molecule has 0 amide bonds. The summed E-state index contributed by atoms with van der Waals surface area (Å²) in [6.07, 6.45) is 1.89. The van der Waals surface area contributed by atoms with Crippen LogP contribution in [0.5, 0.6) is 0 Å². The monoisotopic (exact) mass is 260 g/mol. The summed E-state index contributed by atoms with van der Waals surface area (Å²) in [4.78, 5) is 4.00.